The minimum Gasteiger partial charge on any atom is -0.412 e. The molecule has 0 aliphatic rings. The van der Waals surface area contributed by atoms with Crippen LogP contribution in [-0.4, -0.2) is 16.4 Å². The van der Waals surface area contributed by atoms with Crippen molar-refractivity contribution in [3.05, 3.63) is 0 Å². The van der Waals surface area contributed by atoms with Gasteiger partial charge >= 0.3 is 0 Å². The average Bonchev–Trinajstić information content (AvgIpc) is 0. The van der Waals surface area contributed by atoms with Gasteiger partial charge in [0.1, 0.15) is 0 Å². The fraction of sp³-hybridized carbons (Fsp3) is 0. The molecule has 5 heteroatoms. The normalized spacial score (nSPS) is 0. The molecule has 40 valence electrons. The van der Waals surface area contributed by atoms with E-state index in [0.717, 1.165) is 0 Å². The van der Waals surface area contributed by atoms with Gasteiger partial charge in [-0.3, -0.25) is 0 Å². The molecular weight excluding hydrogens is 250 g/mol. The van der Waals surface area contributed by atoms with Crippen molar-refractivity contribution in [2.45, 2.75) is 0 Å². The van der Waals surface area contributed by atoms with Gasteiger partial charge in [0.2, 0.25) is 0 Å². The molecule has 6 N–H and O–H groups in total. The van der Waals surface area contributed by atoms with Crippen LogP contribution in [0.15, 0.2) is 0 Å². The van der Waals surface area contributed by atoms with Gasteiger partial charge in [0.25, 0.3) is 0 Å². The summed E-state index contributed by atoms with van der Waals surface area (Å²) in [6.07, 6.45) is 0. The van der Waals surface area contributed by atoms with Crippen molar-refractivity contribution in [3.63, 3.8) is 0 Å². The largest absolute Gasteiger partial charge is 0.412 e. The van der Waals surface area contributed by atoms with Crippen molar-refractivity contribution in [1.82, 2.24) is 0 Å². The number of hydrogen-bond donors (Lipinski definition) is 0. The van der Waals surface area contributed by atoms with E-state index >= 15 is 0 Å². The maximum Gasteiger partial charge on any atom is 0 e. The van der Waals surface area contributed by atoms with Gasteiger partial charge in [0.05, 0.1) is 0 Å². The van der Waals surface area contributed by atoms with Crippen LogP contribution in [0.4, 0.5) is 0 Å². The maximum atomic E-state index is 0. The van der Waals surface area contributed by atoms with Crippen molar-refractivity contribution in [1.29, 1.82) is 0 Å². The zero-order valence-corrected chi connectivity index (χ0v) is 5.68. The van der Waals surface area contributed by atoms with Crippen molar-refractivity contribution in [2.24, 2.45) is 0 Å². The summed E-state index contributed by atoms with van der Waals surface area (Å²) in [6.45, 7) is 0. The van der Waals surface area contributed by atoms with E-state index in [1.165, 1.54) is 0 Å². The molecule has 0 aromatic heterocycles. The molecule has 0 saturated heterocycles. The Kier molecular flexibility index (Phi) is 1740. The minimum absolute atomic E-state index is 0. The third-order valence-electron chi connectivity index (χ3n) is 0. The Morgan fingerprint density at radius 1 is 0.400 bits per heavy atom. The van der Waals surface area contributed by atoms with Crippen LogP contribution in [0.1, 0.15) is 0 Å². The van der Waals surface area contributed by atoms with E-state index in [-0.39, 0.29) is 55.4 Å². The van der Waals surface area contributed by atoms with Crippen molar-refractivity contribution < 1.29 is 55.4 Å². The zero-order chi connectivity index (χ0) is 0. The Morgan fingerprint density at radius 3 is 0.400 bits per heavy atom. The molecule has 0 unspecified atom stereocenters. The van der Waals surface area contributed by atoms with E-state index in [2.05, 4.69) is 0 Å². The second kappa shape index (κ2) is 68.8. The Hall–Kier alpha value is 1.13. The van der Waals surface area contributed by atoms with Gasteiger partial charge in [-0.2, -0.15) is 0 Å². The van der Waals surface area contributed by atoms with Crippen LogP contribution in [0.3, 0.4) is 0 Å². The standard InChI is InChI=1S/3H2O.2Ru/h3*1H2;;. The Morgan fingerprint density at radius 2 is 0.400 bits per heavy atom. The van der Waals surface area contributed by atoms with E-state index in [9.17, 15) is 0 Å². The van der Waals surface area contributed by atoms with E-state index in [4.69, 9.17) is 0 Å². The van der Waals surface area contributed by atoms with Crippen LogP contribution < -0.4 is 0 Å². The molecule has 0 aromatic rings. The van der Waals surface area contributed by atoms with Crippen molar-refractivity contribution in [2.75, 3.05) is 0 Å². The van der Waals surface area contributed by atoms with Gasteiger partial charge < -0.3 is 16.4 Å². The van der Waals surface area contributed by atoms with Gasteiger partial charge in [0.15, 0.2) is 0 Å². The third kappa shape index (κ3) is 39.5. The Labute approximate surface area is 55.6 Å². The summed E-state index contributed by atoms with van der Waals surface area (Å²) in [5.74, 6) is 0. The summed E-state index contributed by atoms with van der Waals surface area (Å²) in [7, 11) is 0. The molecule has 0 amide bonds. The topological polar surface area (TPSA) is 94.5 Å². The molecular formula is H6O3Ru2. The van der Waals surface area contributed by atoms with Crippen LogP contribution in [0, 0.1) is 0 Å². The Bertz CT molecular complexity index is 4.85. The molecule has 0 radical (unpaired) electrons. The molecule has 0 saturated carbocycles. The monoisotopic (exact) mass is 258 g/mol. The van der Waals surface area contributed by atoms with Crippen molar-refractivity contribution >= 4 is 0 Å². The maximum absolute atomic E-state index is 0. The molecule has 0 heterocycles. The van der Waals surface area contributed by atoms with Crippen molar-refractivity contribution in [3.8, 4) is 0 Å². The van der Waals surface area contributed by atoms with E-state index in [1.54, 1.807) is 0 Å². The van der Waals surface area contributed by atoms with Gasteiger partial charge in [-0.1, -0.05) is 0 Å². The molecule has 0 aromatic carbocycles. The van der Waals surface area contributed by atoms with Crippen LogP contribution >= 0.6 is 0 Å². The first kappa shape index (κ1) is 127. The van der Waals surface area contributed by atoms with Gasteiger partial charge in [-0.05, 0) is 0 Å². The van der Waals surface area contributed by atoms with E-state index < -0.39 is 0 Å². The second-order valence-electron chi connectivity index (χ2n) is 0. The summed E-state index contributed by atoms with van der Waals surface area (Å²) < 4.78 is 0. The Balaban J connectivity index is 0. The molecule has 0 aliphatic heterocycles. The number of hydrogen-bond acceptors (Lipinski definition) is 0. The molecule has 3 nitrogen and oxygen atoms in total. The van der Waals surface area contributed by atoms with E-state index in [1.807, 2.05) is 0 Å². The minimum atomic E-state index is 0. The summed E-state index contributed by atoms with van der Waals surface area (Å²) in [5.41, 5.74) is 0. The van der Waals surface area contributed by atoms with Gasteiger partial charge in [-0.15, -0.1) is 0 Å². The first-order chi connectivity index (χ1) is 0. The summed E-state index contributed by atoms with van der Waals surface area (Å²) in [6, 6.07) is 0. The summed E-state index contributed by atoms with van der Waals surface area (Å²) in [5, 5.41) is 0. The van der Waals surface area contributed by atoms with Crippen LogP contribution in [0.5, 0.6) is 0 Å². The first-order valence-corrected chi connectivity index (χ1v) is 0. The molecule has 0 aliphatic carbocycles. The molecule has 0 spiro atoms. The number of rotatable bonds is 0. The summed E-state index contributed by atoms with van der Waals surface area (Å²) in [4.78, 5) is 0. The molecule has 0 rings (SSSR count). The molecule has 5 heavy (non-hydrogen) atoms. The predicted molar refractivity (Wildman–Crippen MR) is 10.8 cm³/mol. The molecule has 0 bridgehead atoms. The fourth-order valence-electron chi connectivity index (χ4n) is 0. The third-order valence-corrected chi connectivity index (χ3v) is 0. The molecule has 0 fully saturated rings. The quantitative estimate of drug-likeness (QED) is 0.429. The fourth-order valence-corrected chi connectivity index (χ4v) is 0. The van der Waals surface area contributed by atoms with Crippen LogP contribution in [-0.2, 0) is 39.0 Å². The second-order valence-corrected chi connectivity index (χ2v) is 0. The average molecular weight is 256 g/mol. The van der Waals surface area contributed by atoms with Gasteiger partial charge in [0, 0.05) is 39.0 Å². The smallest absolute Gasteiger partial charge is 0 e. The SMILES string of the molecule is O.O.O.[Ru].[Ru]. The van der Waals surface area contributed by atoms with Crippen LogP contribution in [0.25, 0.3) is 0 Å². The zero-order valence-electron chi connectivity index (χ0n) is 2.21. The van der Waals surface area contributed by atoms with E-state index in [0.29, 0.717) is 0 Å². The van der Waals surface area contributed by atoms with Gasteiger partial charge in [-0.25, -0.2) is 0 Å². The summed E-state index contributed by atoms with van der Waals surface area (Å²) >= 11 is 0. The predicted octanol–water partition coefficient (Wildman–Crippen LogP) is -2.48. The molecule has 0 atom stereocenters. The van der Waals surface area contributed by atoms with Crippen LogP contribution in [0.2, 0.25) is 0 Å². The first-order valence-electron chi connectivity index (χ1n) is 0.